The minimum Gasteiger partial charge on any atom is -0.457 e. The number of ether oxygens (including phenoxy) is 1. The number of benzene rings is 1. The van der Waals surface area contributed by atoms with Crippen molar-refractivity contribution in [1.82, 2.24) is 10.2 Å². The third kappa shape index (κ3) is 5.23. The lowest BCUT2D eigenvalue weighted by Crippen LogP contribution is -2.38. The lowest BCUT2D eigenvalue weighted by molar-refractivity contribution is -0.141. The van der Waals surface area contributed by atoms with Crippen LogP contribution in [-0.4, -0.2) is 28.0 Å². The zero-order valence-electron chi connectivity index (χ0n) is 18.9. The van der Waals surface area contributed by atoms with Crippen LogP contribution in [0.15, 0.2) is 75.2 Å². The summed E-state index contributed by atoms with van der Waals surface area (Å²) in [6.45, 7) is 6.07. The van der Waals surface area contributed by atoms with Gasteiger partial charge in [-0.25, -0.2) is 9.79 Å². The molecule has 2 unspecified atom stereocenters. The maximum atomic E-state index is 13.3. The van der Waals surface area contributed by atoms with Crippen LogP contribution in [0.4, 0.5) is 0 Å². The Bertz CT molecular complexity index is 1110. The van der Waals surface area contributed by atoms with E-state index in [0.29, 0.717) is 11.3 Å². The molecule has 2 atom stereocenters. The molecule has 2 aliphatic heterocycles. The summed E-state index contributed by atoms with van der Waals surface area (Å²) in [5, 5.41) is 7.75. The summed E-state index contributed by atoms with van der Waals surface area (Å²) >= 11 is 3.06. The second kappa shape index (κ2) is 10.4. The largest absolute Gasteiger partial charge is 0.457 e. The zero-order chi connectivity index (χ0) is 23.4. The van der Waals surface area contributed by atoms with E-state index < -0.39 is 5.97 Å². The molecule has 0 aliphatic carbocycles. The molecule has 2 aromatic rings. The van der Waals surface area contributed by atoms with Gasteiger partial charge in [0.15, 0.2) is 5.17 Å². The van der Waals surface area contributed by atoms with E-state index >= 15 is 0 Å². The van der Waals surface area contributed by atoms with Crippen molar-refractivity contribution < 1.29 is 14.3 Å². The molecule has 3 heterocycles. The molecule has 172 valence electrons. The van der Waals surface area contributed by atoms with Gasteiger partial charge in [-0.15, -0.1) is 11.3 Å². The Hall–Kier alpha value is -2.84. The van der Waals surface area contributed by atoms with Gasteiger partial charge in [0.1, 0.15) is 12.6 Å². The van der Waals surface area contributed by atoms with Crippen LogP contribution in [0.3, 0.4) is 0 Å². The van der Waals surface area contributed by atoms with Crippen LogP contribution in [0.5, 0.6) is 0 Å². The van der Waals surface area contributed by atoms with Gasteiger partial charge in [-0.3, -0.25) is 4.79 Å². The number of nitrogens with one attached hydrogen (secondary N) is 1. The van der Waals surface area contributed by atoms with Crippen molar-refractivity contribution in [3.63, 3.8) is 0 Å². The van der Waals surface area contributed by atoms with E-state index in [4.69, 9.17) is 9.73 Å². The molecular formula is C25H27N3O3S2. The van der Waals surface area contributed by atoms with Gasteiger partial charge in [-0.05, 0) is 42.7 Å². The number of esters is 1. The first kappa shape index (κ1) is 23.3. The van der Waals surface area contributed by atoms with E-state index in [9.17, 15) is 9.59 Å². The van der Waals surface area contributed by atoms with Crippen molar-refractivity contribution in [2.45, 2.75) is 52.3 Å². The van der Waals surface area contributed by atoms with Crippen molar-refractivity contribution in [3.8, 4) is 0 Å². The highest BCUT2D eigenvalue weighted by Gasteiger charge is 2.41. The quantitative estimate of drug-likeness (QED) is 0.513. The first-order valence-corrected chi connectivity index (χ1v) is 12.7. The normalized spacial score (nSPS) is 18.4. The van der Waals surface area contributed by atoms with Crippen molar-refractivity contribution in [2.24, 2.45) is 4.99 Å². The van der Waals surface area contributed by atoms with Gasteiger partial charge in [0.25, 0.3) is 0 Å². The lowest BCUT2D eigenvalue weighted by atomic mass is 9.99. The van der Waals surface area contributed by atoms with Crippen LogP contribution in [0.25, 0.3) is 0 Å². The number of carbonyl (C=O) groups is 2. The Balaban J connectivity index is 1.60. The first-order valence-electron chi connectivity index (χ1n) is 11.0. The molecule has 33 heavy (non-hydrogen) atoms. The number of nitrogens with zero attached hydrogens (tertiary/aromatic N) is 2. The number of thioether (sulfide) groups is 1. The van der Waals surface area contributed by atoms with Crippen molar-refractivity contribution in [1.29, 1.82) is 0 Å². The number of hydrogen-bond acceptors (Lipinski definition) is 7. The minimum atomic E-state index is -0.391. The fourth-order valence-electron chi connectivity index (χ4n) is 3.74. The molecule has 0 spiro atoms. The third-order valence-corrected chi connectivity index (χ3v) is 7.42. The van der Waals surface area contributed by atoms with Crippen molar-refractivity contribution in [3.05, 3.63) is 80.7 Å². The molecule has 8 heteroatoms. The maximum absolute atomic E-state index is 13.3. The van der Waals surface area contributed by atoms with Crippen molar-refractivity contribution >= 4 is 40.1 Å². The number of rotatable bonds is 8. The van der Waals surface area contributed by atoms with Crippen LogP contribution in [0.1, 0.15) is 50.1 Å². The summed E-state index contributed by atoms with van der Waals surface area (Å²) < 4.78 is 5.70. The highest BCUT2D eigenvalue weighted by atomic mass is 32.2. The van der Waals surface area contributed by atoms with Gasteiger partial charge in [0.2, 0.25) is 5.91 Å². The zero-order valence-corrected chi connectivity index (χ0v) is 20.5. The summed E-state index contributed by atoms with van der Waals surface area (Å²) in [4.78, 5) is 33.7. The molecule has 1 aromatic carbocycles. The Morgan fingerprint density at radius 2 is 2.00 bits per heavy atom. The summed E-state index contributed by atoms with van der Waals surface area (Å²) in [6, 6.07) is 13.3. The molecule has 1 N–H and O–H groups in total. The van der Waals surface area contributed by atoms with Crippen LogP contribution in [-0.2, 0) is 20.9 Å². The van der Waals surface area contributed by atoms with Gasteiger partial charge in [0, 0.05) is 16.6 Å². The summed E-state index contributed by atoms with van der Waals surface area (Å²) in [5.74, 6) is -0.431. The maximum Gasteiger partial charge on any atom is 0.338 e. The lowest BCUT2D eigenvalue weighted by Gasteiger charge is -2.35. The van der Waals surface area contributed by atoms with E-state index in [-0.39, 0.29) is 31.0 Å². The molecular weight excluding hydrogens is 454 g/mol. The van der Waals surface area contributed by atoms with Crippen LogP contribution in [0.2, 0.25) is 0 Å². The number of amidine groups is 1. The number of aliphatic imine (C=N–C) groups is 1. The monoisotopic (exact) mass is 481 g/mol. The number of carbonyl (C=O) groups excluding carboxylic acids is 2. The Kier molecular flexibility index (Phi) is 7.35. The average Bonchev–Trinajstić information content (AvgIpc) is 3.47. The second-order valence-electron chi connectivity index (χ2n) is 8.02. The third-order valence-electron chi connectivity index (χ3n) is 5.61. The Morgan fingerprint density at radius 3 is 2.70 bits per heavy atom. The molecule has 0 radical (unpaired) electrons. The van der Waals surface area contributed by atoms with E-state index in [1.54, 1.807) is 11.3 Å². The van der Waals surface area contributed by atoms with Crippen LogP contribution in [0, 0.1) is 0 Å². The van der Waals surface area contributed by atoms with Gasteiger partial charge in [-0.2, -0.15) is 0 Å². The fourth-order valence-corrected chi connectivity index (χ4v) is 5.53. The van der Waals surface area contributed by atoms with Crippen LogP contribution >= 0.6 is 23.1 Å². The number of hydrogen-bond donors (Lipinski definition) is 1. The first-order chi connectivity index (χ1) is 16.0. The number of allylic oxidation sites excluding steroid dienone is 1. The van der Waals surface area contributed by atoms with Crippen molar-refractivity contribution in [2.75, 3.05) is 0 Å². The molecule has 0 saturated carbocycles. The highest BCUT2D eigenvalue weighted by Crippen LogP contribution is 2.45. The fraction of sp³-hybridized carbons (Fsp3) is 0.320. The predicted octanol–water partition coefficient (Wildman–Crippen LogP) is 5.37. The molecule has 0 saturated heterocycles. The molecule has 1 aromatic heterocycles. The molecule has 0 bridgehead atoms. The SMILES string of the molecule is CCC(C)NC(=O)CC1=CSC2=NC(C)=C(C(=O)OCc3ccccc3)C(c3cccs3)N12. The second-order valence-corrected chi connectivity index (χ2v) is 9.84. The Labute approximate surface area is 202 Å². The van der Waals surface area contributed by atoms with E-state index in [1.807, 2.05) is 78.9 Å². The van der Waals surface area contributed by atoms with E-state index in [1.165, 1.54) is 11.8 Å². The highest BCUT2D eigenvalue weighted by molar-refractivity contribution is 8.16. The van der Waals surface area contributed by atoms with Crippen LogP contribution < -0.4 is 5.32 Å². The average molecular weight is 482 g/mol. The topological polar surface area (TPSA) is 71.0 Å². The predicted molar refractivity (Wildman–Crippen MR) is 133 cm³/mol. The number of fused-ring (bicyclic) bond motifs is 1. The molecule has 1 amide bonds. The smallest absolute Gasteiger partial charge is 0.338 e. The van der Waals surface area contributed by atoms with Gasteiger partial charge >= 0.3 is 5.97 Å². The molecule has 0 fully saturated rings. The molecule has 4 rings (SSSR count). The molecule has 2 aliphatic rings. The summed E-state index contributed by atoms with van der Waals surface area (Å²) in [5.41, 5.74) is 2.91. The minimum absolute atomic E-state index is 0.0399. The standard InChI is InChI=1S/C25H27N3O3S2/c1-4-16(2)26-21(29)13-19-15-33-25-27-17(3)22(23(28(19)25)20-11-8-12-32-20)24(30)31-14-18-9-6-5-7-10-18/h5-12,15-16,23H,4,13-14H2,1-3H3,(H,26,29). The summed E-state index contributed by atoms with van der Waals surface area (Å²) in [6.07, 6.45) is 1.09. The summed E-state index contributed by atoms with van der Waals surface area (Å²) in [7, 11) is 0. The molecule has 6 nitrogen and oxygen atoms in total. The van der Waals surface area contributed by atoms with E-state index in [0.717, 1.165) is 27.7 Å². The number of thiophene rings is 1. The van der Waals surface area contributed by atoms with Gasteiger partial charge < -0.3 is 15.0 Å². The number of amides is 1. The van der Waals surface area contributed by atoms with Gasteiger partial charge in [0.05, 0.1) is 17.7 Å². The van der Waals surface area contributed by atoms with Gasteiger partial charge in [-0.1, -0.05) is 55.1 Å². The Morgan fingerprint density at radius 1 is 1.21 bits per heavy atom. The van der Waals surface area contributed by atoms with E-state index in [2.05, 4.69) is 5.32 Å².